The second-order valence-electron chi connectivity index (χ2n) is 6.87. The summed E-state index contributed by atoms with van der Waals surface area (Å²) in [5, 5.41) is 6.42. The summed E-state index contributed by atoms with van der Waals surface area (Å²) in [6, 6.07) is 3.21. The minimum Gasteiger partial charge on any atom is -0.405 e. The second kappa shape index (κ2) is 8.78. The van der Waals surface area contributed by atoms with Crippen LogP contribution in [0.25, 0.3) is 5.65 Å². The third-order valence-electron chi connectivity index (χ3n) is 4.82. The van der Waals surface area contributed by atoms with Crippen molar-refractivity contribution >= 4 is 29.2 Å². The van der Waals surface area contributed by atoms with Gasteiger partial charge in [-0.05, 0) is 30.5 Å². The van der Waals surface area contributed by atoms with Gasteiger partial charge in [0.2, 0.25) is 5.65 Å². The van der Waals surface area contributed by atoms with E-state index in [1.807, 2.05) is 0 Å². The number of halogens is 3. The molecule has 8 nitrogen and oxygen atoms in total. The van der Waals surface area contributed by atoms with E-state index >= 15 is 0 Å². The number of hydrogen-bond acceptors (Lipinski definition) is 6. The molecule has 0 saturated carbocycles. The molecule has 3 aromatic rings. The summed E-state index contributed by atoms with van der Waals surface area (Å²) in [5.74, 6) is 0.175. The van der Waals surface area contributed by atoms with Crippen molar-refractivity contribution in [2.75, 3.05) is 23.9 Å². The number of nitrogens with one attached hydrogen (secondary N) is 1. The first-order chi connectivity index (χ1) is 14.5. The van der Waals surface area contributed by atoms with Crippen molar-refractivity contribution in [1.29, 1.82) is 0 Å². The smallest absolute Gasteiger partial charge is 0.405 e. The van der Waals surface area contributed by atoms with Crippen LogP contribution in [0, 0.1) is 5.82 Å². The second-order valence-corrected chi connectivity index (χ2v) is 7.18. The number of ether oxygens (including phenoxy) is 1. The lowest BCUT2D eigenvalue weighted by Crippen LogP contribution is -2.33. The molecule has 1 unspecified atom stereocenters. The van der Waals surface area contributed by atoms with Crippen molar-refractivity contribution < 1.29 is 18.3 Å². The molecule has 4 heterocycles. The minimum atomic E-state index is -1.36. The zero-order chi connectivity index (χ0) is 21.1. The van der Waals surface area contributed by atoms with Crippen LogP contribution in [-0.4, -0.2) is 50.8 Å². The quantitative estimate of drug-likeness (QED) is 0.597. The maximum absolute atomic E-state index is 13.6. The van der Waals surface area contributed by atoms with Gasteiger partial charge in [0.15, 0.2) is 5.75 Å². The van der Waals surface area contributed by atoms with Crippen LogP contribution in [0.5, 0.6) is 5.75 Å². The van der Waals surface area contributed by atoms with E-state index in [1.54, 1.807) is 18.5 Å². The first kappa shape index (κ1) is 20.3. The van der Waals surface area contributed by atoms with Crippen LogP contribution in [0.2, 0.25) is 0 Å². The fourth-order valence-corrected chi connectivity index (χ4v) is 3.56. The highest BCUT2D eigenvalue weighted by Crippen LogP contribution is 2.35. The molecule has 0 radical (unpaired) electrons. The van der Waals surface area contributed by atoms with Crippen LogP contribution >= 0.6 is 11.6 Å². The molecule has 1 aliphatic heterocycles. The summed E-state index contributed by atoms with van der Waals surface area (Å²) < 4.78 is 33.5. The van der Waals surface area contributed by atoms with Crippen molar-refractivity contribution in [3.63, 3.8) is 0 Å². The van der Waals surface area contributed by atoms with Crippen molar-refractivity contribution in [2.24, 2.45) is 0 Å². The number of aromatic nitrogens is 4. The predicted octanol–water partition coefficient (Wildman–Crippen LogP) is 3.27. The fraction of sp³-hybridized carbons (Fsp3) is 0.368. The fourth-order valence-electron chi connectivity index (χ4n) is 3.45. The molecule has 11 heteroatoms. The van der Waals surface area contributed by atoms with Crippen molar-refractivity contribution in [3.05, 3.63) is 48.3 Å². The van der Waals surface area contributed by atoms with Gasteiger partial charge in [0, 0.05) is 18.9 Å². The van der Waals surface area contributed by atoms with Gasteiger partial charge < -0.3 is 15.0 Å². The molecule has 3 aromatic heterocycles. The van der Waals surface area contributed by atoms with Crippen LogP contribution in [0.1, 0.15) is 24.4 Å². The number of nitrogens with zero attached hydrogens (tertiary/aromatic N) is 5. The predicted molar refractivity (Wildman–Crippen MR) is 106 cm³/mol. The number of rotatable bonds is 6. The molecule has 1 N–H and O–H groups in total. The molecular formula is C19H19ClF2N6O2. The Kier molecular flexibility index (Phi) is 5.93. The number of carbonyl (C=O) groups excluding carboxylic acids is 1. The summed E-state index contributed by atoms with van der Waals surface area (Å²) in [6.45, 7) is 0.489. The molecule has 0 bridgehead atoms. The van der Waals surface area contributed by atoms with Crippen LogP contribution < -0.4 is 15.0 Å². The topological polar surface area (TPSA) is 84.6 Å². The Balaban J connectivity index is 1.55. The zero-order valence-corrected chi connectivity index (χ0v) is 16.6. The third-order valence-corrected chi connectivity index (χ3v) is 5.15. The van der Waals surface area contributed by atoms with E-state index in [4.69, 9.17) is 16.3 Å². The number of alkyl halides is 2. The average molecular weight is 437 g/mol. The van der Waals surface area contributed by atoms with Gasteiger partial charge in [-0.25, -0.2) is 23.1 Å². The molecule has 4 rings (SSSR count). The normalized spacial score (nSPS) is 17.3. The van der Waals surface area contributed by atoms with Gasteiger partial charge in [-0.15, -0.1) is 11.6 Å². The molecule has 1 aliphatic rings. The summed E-state index contributed by atoms with van der Waals surface area (Å²) in [5.41, 5.74) is 1.11. The molecule has 0 spiro atoms. The number of anilines is 1. The summed E-state index contributed by atoms with van der Waals surface area (Å²) >= 11 is 5.38. The Hall–Kier alpha value is -3.01. The molecule has 1 fully saturated rings. The van der Waals surface area contributed by atoms with E-state index in [-0.39, 0.29) is 30.0 Å². The Morgan fingerprint density at radius 2 is 2.27 bits per heavy atom. The zero-order valence-electron chi connectivity index (χ0n) is 15.8. The molecule has 158 valence electrons. The van der Waals surface area contributed by atoms with E-state index in [0.29, 0.717) is 11.5 Å². The Bertz CT molecular complexity index is 1050. The van der Waals surface area contributed by atoms with Gasteiger partial charge in [0.1, 0.15) is 17.8 Å². The lowest BCUT2D eigenvalue weighted by molar-refractivity contribution is 0.197. The van der Waals surface area contributed by atoms with Gasteiger partial charge in [-0.2, -0.15) is 5.10 Å². The molecule has 0 aromatic carbocycles. The third kappa shape index (κ3) is 4.28. The van der Waals surface area contributed by atoms with Crippen LogP contribution in [-0.2, 0) is 0 Å². The van der Waals surface area contributed by atoms with Gasteiger partial charge in [0.25, 0.3) is 0 Å². The van der Waals surface area contributed by atoms with Gasteiger partial charge in [-0.3, -0.25) is 4.98 Å². The van der Waals surface area contributed by atoms with E-state index < -0.39 is 12.3 Å². The Morgan fingerprint density at radius 3 is 3.07 bits per heavy atom. The maximum atomic E-state index is 13.6. The SMILES string of the molecule is O=C(NCC(F)CCl)Oc1cnn2ccc(N3CCC[C@@H]3c3cncc(F)c3)nc12. The lowest BCUT2D eigenvalue weighted by atomic mass is 10.1. The first-order valence-electron chi connectivity index (χ1n) is 9.42. The Labute approximate surface area is 175 Å². The van der Waals surface area contributed by atoms with Crippen LogP contribution in [0.15, 0.2) is 36.9 Å². The largest absolute Gasteiger partial charge is 0.412 e. The average Bonchev–Trinajstić information content (AvgIpc) is 3.39. The summed E-state index contributed by atoms with van der Waals surface area (Å²) in [7, 11) is 0. The highest BCUT2D eigenvalue weighted by molar-refractivity contribution is 6.18. The molecule has 1 saturated heterocycles. The van der Waals surface area contributed by atoms with E-state index in [0.717, 1.165) is 24.9 Å². The summed E-state index contributed by atoms with van der Waals surface area (Å²) in [6.07, 6.45) is 5.46. The van der Waals surface area contributed by atoms with E-state index in [1.165, 1.54) is 23.0 Å². The molecule has 2 atom stereocenters. The lowest BCUT2D eigenvalue weighted by Gasteiger charge is -2.26. The van der Waals surface area contributed by atoms with E-state index in [2.05, 4.69) is 25.3 Å². The van der Waals surface area contributed by atoms with Crippen molar-refractivity contribution in [3.8, 4) is 5.75 Å². The monoisotopic (exact) mass is 436 g/mol. The van der Waals surface area contributed by atoms with Gasteiger partial charge in [-0.1, -0.05) is 0 Å². The highest BCUT2D eigenvalue weighted by atomic mass is 35.5. The molecule has 30 heavy (non-hydrogen) atoms. The number of hydrogen-bond donors (Lipinski definition) is 1. The number of fused-ring (bicyclic) bond motifs is 1. The minimum absolute atomic E-state index is 0.0595. The number of pyridine rings is 1. The molecule has 0 aliphatic carbocycles. The Morgan fingerprint density at radius 1 is 1.40 bits per heavy atom. The standard InChI is InChI=1S/C19H19ClF2N6O2/c20-7-14(22)10-24-19(29)30-16-11-25-28-5-3-17(26-18(16)28)27-4-1-2-15(27)12-6-13(21)9-23-8-12/h3,5-6,8-9,11,14-15H,1-2,4,7,10H2,(H,24,29)/t14?,15-/m1/s1. The van der Waals surface area contributed by atoms with E-state index in [9.17, 15) is 13.6 Å². The van der Waals surface area contributed by atoms with Crippen LogP contribution in [0.4, 0.5) is 19.4 Å². The van der Waals surface area contributed by atoms with Crippen LogP contribution in [0.3, 0.4) is 0 Å². The van der Waals surface area contributed by atoms with Crippen molar-refractivity contribution in [1.82, 2.24) is 24.9 Å². The number of carbonyl (C=O) groups is 1. The van der Waals surface area contributed by atoms with Crippen molar-refractivity contribution in [2.45, 2.75) is 25.1 Å². The maximum Gasteiger partial charge on any atom is 0.412 e. The molecular weight excluding hydrogens is 418 g/mol. The number of amides is 1. The van der Waals surface area contributed by atoms with Gasteiger partial charge >= 0.3 is 6.09 Å². The van der Waals surface area contributed by atoms with Gasteiger partial charge in [0.05, 0.1) is 30.9 Å². The highest BCUT2D eigenvalue weighted by Gasteiger charge is 2.28. The summed E-state index contributed by atoms with van der Waals surface area (Å²) in [4.78, 5) is 22.5. The first-order valence-corrected chi connectivity index (χ1v) is 9.96. The molecule has 1 amide bonds.